The molecule has 4 nitrogen and oxygen atoms in total. The third-order valence-electron chi connectivity index (χ3n) is 6.17. The largest absolute Gasteiger partial charge is 0.353 e. The van der Waals surface area contributed by atoms with E-state index in [1.807, 2.05) is 35.4 Å². The molecule has 0 aliphatic carbocycles. The number of alkyl halides is 1. The molecule has 32 heavy (non-hydrogen) atoms. The van der Waals surface area contributed by atoms with E-state index in [9.17, 15) is 4.39 Å². The number of pyridine rings is 1. The first kappa shape index (κ1) is 20.4. The van der Waals surface area contributed by atoms with Gasteiger partial charge in [-0.15, -0.1) is 0 Å². The van der Waals surface area contributed by atoms with Crippen molar-refractivity contribution in [2.75, 3.05) is 18.0 Å². The van der Waals surface area contributed by atoms with Gasteiger partial charge in [-0.1, -0.05) is 68.4 Å². The van der Waals surface area contributed by atoms with Crippen molar-refractivity contribution in [1.29, 1.82) is 0 Å². The highest BCUT2D eigenvalue weighted by molar-refractivity contribution is 5.90. The maximum absolute atomic E-state index is 14.0. The molecule has 0 unspecified atom stereocenters. The molecule has 1 saturated heterocycles. The van der Waals surface area contributed by atoms with Crippen molar-refractivity contribution in [2.45, 2.75) is 32.4 Å². The number of hydrogen-bond donors (Lipinski definition) is 1. The Morgan fingerprint density at radius 1 is 1.00 bits per heavy atom. The zero-order valence-electron chi connectivity index (χ0n) is 18.4. The van der Waals surface area contributed by atoms with Gasteiger partial charge < -0.3 is 4.90 Å². The molecule has 2 aromatic heterocycles. The molecule has 5 rings (SSSR count). The van der Waals surface area contributed by atoms with Crippen molar-refractivity contribution >= 4 is 5.82 Å². The number of nitrogens with zero attached hydrogens (tertiary/aromatic N) is 3. The van der Waals surface area contributed by atoms with E-state index in [0.717, 1.165) is 39.5 Å². The van der Waals surface area contributed by atoms with Crippen LogP contribution in [0.25, 0.3) is 33.6 Å². The van der Waals surface area contributed by atoms with Crippen molar-refractivity contribution < 1.29 is 4.39 Å². The first-order chi connectivity index (χ1) is 15.6. The Bertz CT molecular complexity index is 1200. The number of aromatic nitrogens is 3. The van der Waals surface area contributed by atoms with Crippen molar-refractivity contribution in [3.8, 4) is 33.6 Å². The van der Waals surface area contributed by atoms with E-state index in [2.05, 4.69) is 71.5 Å². The predicted octanol–water partition coefficient (Wildman–Crippen LogP) is 6.48. The molecule has 3 heterocycles. The molecule has 1 atom stereocenters. The molecule has 5 heteroatoms. The summed E-state index contributed by atoms with van der Waals surface area (Å²) in [6.45, 7) is 5.41. The Morgan fingerprint density at radius 3 is 2.47 bits per heavy atom. The van der Waals surface area contributed by atoms with E-state index in [1.54, 1.807) is 0 Å². The fourth-order valence-corrected chi connectivity index (χ4v) is 4.36. The van der Waals surface area contributed by atoms with Crippen LogP contribution in [-0.4, -0.2) is 34.4 Å². The number of halogens is 1. The van der Waals surface area contributed by atoms with Crippen molar-refractivity contribution in [1.82, 2.24) is 15.2 Å². The minimum Gasteiger partial charge on any atom is -0.353 e. The topological polar surface area (TPSA) is 44.8 Å². The Balaban J connectivity index is 1.60. The van der Waals surface area contributed by atoms with Crippen LogP contribution >= 0.6 is 0 Å². The molecule has 0 spiro atoms. The predicted molar refractivity (Wildman–Crippen MR) is 129 cm³/mol. The SMILES string of the molecule is CC(C)c1ccc(-c2cc(-c3c(-c4ccccc4)ccnc3N3CC[C@H](F)C3)n[nH]2)cc1. The number of anilines is 1. The van der Waals surface area contributed by atoms with Crippen LogP contribution in [0.3, 0.4) is 0 Å². The summed E-state index contributed by atoms with van der Waals surface area (Å²) in [5, 5.41) is 7.88. The van der Waals surface area contributed by atoms with Gasteiger partial charge in [-0.25, -0.2) is 9.37 Å². The van der Waals surface area contributed by atoms with E-state index in [4.69, 9.17) is 0 Å². The normalized spacial score (nSPS) is 16.1. The van der Waals surface area contributed by atoms with Gasteiger partial charge in [0.15, 0.2) is 0 Å². The molecule has 2 aromatic carbocycles. The highest BCUT2D eigenvalue weighted by Crippen LogP contribution is 2.39. The highest BCUT2D eigenvalue weighted by atomic mass is 19.1. The first-order valence-electron chi connectivity index (χ1n) is 11.2. The van der Waals surface area contributed by atoms with Crippen LogP contribution in [0.2, 0.25) is 0 Å². The van der Waals surface area contributed by atoms with Gasteiger partial charge in [0.1, 0.15) is 12.0 Å². The van der Waals surface area contributed by atoms with Gasteiger partial charge in [0.2, 0.25) is 0 Å². The fourth-order valence-electron chi connectivity index (χ4n) is 4.36. The van der Waals surface area contributed by atoms with Crippen LogP contribution < -0.4 is 4.90 Å². The van der Waals surface area contributed by atoms with Gasteiger partial charge in [0, 0.05) is 12.7 Å². The molecule has 4 aromatic rings. The lowest BCUT2D eigenvalue weighted by Crippen LogP contribution is -2.22. The van der Waals surface area contributed by atoms with Crippen LogP contribution in [-0.2, 0) is 0 Å². The maximum atomic E-state index is 14.0. The van der Waals surface area contributed by atoms with Gasteiger partial charge in [-0.3, -0.25) is 5.10 Å². The summed E-state index contributed by atoms with van der Waals surface area (Å²) in [5.41, 5.74) is 7.24. The summed E-state index contributed by atoms with van der Waals surface area (Å²) < 4.78 is 14.0. The number of nitrogens with one attached hydrogen (secondary N) is 1. The van der Waals surface area contributed by atoms with Gasteiger partial charge in [0.05, 0.1) is 23.5 Å². The minimum atomic E-state index is -0.820. The standard InChI is InChI=1S/C27H27FN4/c1-18(2)19-8-10-21(11-9-19)24-16-25(31-30-24)26-23(20-6-4-3-5-7-20)12-14-29-27(26)32-15-13-22(28)17-32/h3-12,14,16,18,22H,13,15,17H2,1-2H3,(H,30,31)/t22-/m0/s1. The minimum absolute atomic E-state index is 0.367. The molecule has 1 aliphatic heterocycles. The van der Waals surface area contributed by atoms with E-state index < -0.39 is 6.17 Å². The second-order valence-electron chi connectivity index (χ2n) is 8.70. The molecule has 0 saturated carbocycles. The summed E-state index contributed by atoms with van der Waals surface area (Å²) in [6, 6.07) is 22.9. The summed E-state index contributed by atoms with van der Waals surface area (Å²) in [5.74, 6) is 1.28. The molecule has 0 radical (unpaired) electrons. The Morgan fingerprint density at radius 2 is 1.78 bits per heavy atom. The highest BCUT2D eigenvalue weighted by Gasteiger charge is 2.27. The smallest absolute Gasteiger partial charge is 0.138 e. The summed E-state index contributed by atoms with van der Waals surface area (Å²) in [6.07, 6.45) is 1.52. The molecule has 0 amide bonds. The molecular weight excluding hydrogens is 399 g/mol. The third-order valence-corrected chi connectivity index (χ3v) is 6.17. The quantitative estimate of drug-likeness (QED) is 0.397. The summed E-state index contributed by atoms with van der Waals surface area (Å²) in [7, 11) is 0. The molecule has 1 N–H and O–H groups in total. The van der Waals surface area contributed by atoms with Crippen LogP contribution in [0.15, 0.2) is 72.9 Å². The summed E-state index contributed by atoms with van der Waals surface area (Å²) >= 11 is 0. The van der Waals surface area contributed by atoms with Crippen LogP contribution in [0, 0.1) is 0 Å². The first-order valence-corrected chi connectivity index (χ1v) is 11.2. The lowest BCUT2D eigenvalue weighted by atomic mass is 9.97. The average Bonchev–Trinajstić information content (AvgIpc) is 3.48. The number of hydrogen-bond acceptors (Lipinski definition) is 3. The van der Waals surface area contributed by atoms with Crippen molar-refractivity contribution in [2.24, 2.45) is 0 Å². The van der Waals surface area contributed by atoms with Gasteiger partial charge in [-0.2, -0.15) is 5.10 Å². The van der Waals surface area contributed by atoms with E-state index in [0.29, 0.717) is 25.4 Å². The van der Waals surface area contributed by atoms with E-state index >= 15 is 0 Å². The second kappa shape index (κ2) is 8.58. The van der Waals surface area contributed by atoms with Crippen molar-refractivity contribution in [3.05, 3.63) is 78.5 Å². The average molecular weight is 427 g/mol. The molecule has 0 bridgehead atoms. The Labute approximate surface area is 188 Å². The van der Waals surface area contributed by atoms with E-state index in [-0.39, 0.29) is 0 Å². The Hall–Kier alpha value is -3.47. The number of benzene rings is 2. The molecule has 162 valence electrons. The second-order valence-corrected chi connectivity index (χ2v) is 8.70. The number of H-pyrrole nitrogens is 1. The number of aromatic amines is 1. The maximum Gasteiger partial charge on any atom is 0.138 e. The van der Waals surface area contributed by atoms with Gasteiger partial charge in [-0.05, 0) is 46.7 Å². The Kier molecular flexibility index (Phi) is 5.48. The zero-order chi connectivity index (χ0) is 22.1. The number of rotatable bonds is 5. The molecule has 1 fully saturated rings. The van der Waals surface area contributed by atoms with Crippen LogP contribution in [0.4, 0.5) is 10.2 Å². The zero-order valence-corrected chi connectivity index (χ0v) is 18.4. The lowest BCUT2D eigenvalue weighted by Gasteiger charge is -2.21. The van der Waals surface area contributed by atoms with Gasteiger partial charge >= 0.3 is 0 Å². The van der Waals surface area contributed by atoms with Crippen LogP contribution in [0.1, 0.15) is 31.7 Å². The monoisotopic (exact) mass is 426 g/mol. The molecule has 1 aliphatic rings. The van der Waals surface area contributed by atoms with Crippen molar-refractivity contribution in [3.63, 3.8) is 0 Å². The van der Waals surface area contributed by atoms with Crippen LogP contribution in [0.5, 0.6) is 0 Å². The fraction of sp³-hybridized carbons (Fsp3) is 0.259. The van der Waals surface area contributed by atoms with Gasteiger partial charge in [0.25, 0.3) is 0 Å². The molecular formula is C27H27FN4. The third kappa shape index (κ3) is 3.91. The summed E-state index contributed by atoms with van der Waals surface area (Å²) in [4.78, 5) is 6.72. The lowest BCUT2D eigenvalue weighted by molar-refractivity contribution is 0.364. The van der Waals surface area contributed by atoms with E-state index in [1.165, 1.54) is 5.56 Å².